The van der Waals surface area contributed by atoms with E-state index in [1.165, 1.54) is 12.0 Å². The first-order valence-corrected chi connectivity index (χ1v) is 13.4. The van der Waals surface area contributed by atoms with Crippen molar-refractivity contribution in [1.29, 1.82) is 0 Å². The molecule has 2 N–H and O–H groups in total. The van der Waals surface area contributed by atoms with Crippen molar-refractivity contribution < 1.29 is 13.2 Å². The summed E-state index contributed by atoms with van der Waals surface area (Å²) in [7, 11) is -2.41. The lowest BCUT2D eigenvalue weighted by Gasteiger charge is -2.38. The molecule has 9 heteroatoms. The third-order valence-electron chi connectivity index (χ3n) is 5.60. The van der Waals surface area contributed by atoms with Crippen LogP contribution in [0.2, 0.25) is 5.02 Å². The highest BCUT2D eigenvalue weighted by Crippen LogP contribution is 2.35. The molecule has 33 heavy (non-hydrogen) atoms. The maximum absolute atomic E-state index is 13.3. The average molecular weight is 506 g/mol. The van der Waals surface area contributed by atoms with Gasteiger partial charge in [0.2, 0.25) is 0 Å². The zero-order chi connectivity index (χ0) is 23.8. The minimum Gasteiger partial charge on any atom is -0.495 e. The Hall–Kier alpha value is -2.26. The number of sulfonamides is 1. The monoisotopic (exact) mass is 505 g/mol. The highest BCUT2D eigenvalue weighted by atomic mass is 35.5. The Balaban J connectivity index is 1.63. The summed E-state index contributed by atoms with van der Waals surface area (Å²) in [5, 5.41) is 3.68. The van der Waals surface area contributed by atoms with Crippen LogP contribution in [0.15, 0.2) is 53.4 Å². The number of piperazine rings is 1. The first kappa shape index (κ1) is 23.9. The van der Waals surface area contributed by atoms with Gasteiger partial charge in [0.15, 0.2) is 0 Å². The van der Waals surface area contributed by atoms with Crippen molar-refractivity contribution in [3.63, 3.8) is 0 Å². The molecule has 0 radical (unpaired) electrons. The van der Waals surface area contributed by atoms with Gasteiger partial charge >= 0.3 is 0 Å². The maximum atomic E-state index is 13.3. The van der Waals surface area contributed by atoms with Crippen LogP contribution >= 0.6 is 22.9 Å². The summed E-state index contributed by atoms with van der Waals surface area (Å²) in [6.45, 7) is 7.97. The molecular weight excluding hydrogens is 478 g/mol. The molecule has 1 saturated heterocycles. The molecule has 0 saturated carbocycles. The van der Waals surface area contributed by atoms with Gasteiger partial charge in [-0.25, -0.2) is 8.42 Å². The molecule has 0 aliphatic carbocycles. The molecule has 0 unspecified atom stereocenters. The van der Waals surface area contributed by atoms with Crippen LogP contribution in [-0.4, -0.2) is 40.7 Å². The van der Waals surface area contributed by atoms with E-state index in [2.05, 4.69) is 28.8 Å². The number of anilines is 2. The van der Waals surface area contributed by atoms with Crippen molar-refractivity contribution in [1.82, 2.24) is 5.32 Å². The molecule has 1 aliphatic rings. The van der Waals surface area contributed by atoms with Crippen LogP contribution in [-0.2, 0) is 10.0 Å². The molecule has 0 amide bonds. The van der Waals surface area contributed by atoms with Crippen LogP contribution in [0.5, 0.6) is 5.75 Å². The maximum Gasteiger partial charge on any atom is 0.263 e. The van der Waals surface area contributed by atoms with E-state index >= 15 is 0 Å². The molecular formula is C24H28ClN3O3S2. The first-order valence-electron chi connectivity index (χ1n) is 10.7. The molecule has 1 fully saturated rings. The Kier molecular flexibility index (Phi) is 6.91. The van der Waals surface area contributed by atoms with Crippen molar-refractivity contribution in [3.05, 3.63) is 58.4 Å². The Morgan fingerprint density at radius 2 is 1.82 bits per heavy atom. The fourth-order valence-electron chi connectivity index (χ4n) is 4.17. The lowest BCUT2D eigenvalue weighted by molar-refractivity contribution is 0.406. The molecule has 4 rings (SSSR count). The van der Waals surface area contributed by atoms with Gasteiger partial charge in [0.1, 0.15) is 10.6 Å². The minimum absolute atomic E-state index is 0.0260. The van der Waals surface area contributed by atoms with Gasteiger partial charge < -0.3 is 15.0 Å². The predicted octanol–water partition coefficient (Wildman–Crippen LogP) is 5.37. The highest BCUT2D eigenvalue weighted by molar-refractivity contribution is 7.92. The normalized spacial score (nSPS) is 18.9. The van der Waals surface area contributed by atoms with E-state index in [9.17, 15) is 8.42 Å². The second kappa shape index (κ2) is 9.54. The topological polar surface area (TPSA) is 70.7 Å². The van der Waals surface area contributed by atoms with Crippen molar-refractivity contribution in [2.45, 2.75) is 37.8 Å². The van der Waals surface area contributed by atoms with Gasteiger partial charge in [-0.2, -0.15) is 0 Å². The van der Waals surface area contributed by atoms with E-state index < -0.39 is 10.0 Å². The van der Waals surface area contributed by atoms with Gasteiger partial charge in [-0.3, -0.25) is 4.72 Å². The molecule has 2 heterocycles. The van der Waals surface area contributed by atoms with Gasteiger partial charge in [0.05, 0.1) is 17.8 Å². The fourth-order valence-corrected chi connectivity index (χ4v) is 6.64. The van der Waals surface area contributed by atoms with Crippen molar-refractivity contribution in [2.24, 2.45) is 0 Å². The zero-order valence-corrected chi connectivity index (χ0v) is 21.4. The molecule has 1 aromatic heterocycles. The van der Waals surface area contributed by atoms with Crippen LogP contribution in [0.1, 0.15) is 18.7 Å². The quantitative estimate of drug-likeness (QED) is 0.471. The van der Waals surface area contributed by atoms with E-state index in [1.54, 1.807) is 35.6 Å². The number of hydrogen-bond donors (Lipinski definition) is 2. The third-order valence-corrected chi connectivity index (χ3v) is 8.49. The summed E-state index contributed by atoms with van der Waals surface area (Å²) >= 11 is 8.07. The van der Waals surface area contributed by atoms with Gasteiger partial charge in [-0.1, -0.05) is 17.7 Å². The van der Waals surface area contributed by atoms with Crippen molar-refractivity contribution in [3.8, 4) is 16.2 Å². The molecule has 2 atom stereocenters. The van der Waals surface area contributed by atoms with Crippen molar-refractivity contribution >= 4 is 44.3 Å². The minimum atomic E-state index is -3.93. The Morgan fingerprint density at radius 1 is 1.09 bits per heavy atom. The number of aryl methyl sites for hydroxylation is 1. The van der Waals surface area contributed by atoms with Crippen LogP contribution in [0.4, 0.5) is 11.4 Å². The number of ether oxygens (including phenoxy) is 1. The standard InChI is InChI=1S/C24H28ClN3O3S2/c1-15-13-28(14-16(2)26-15)19-7-8-22(31-4)21(12-19)27-33(29,30)24-10-6-18(11-20(24)25)23-9-5-17(3)32-23/h5-12,15-16,26-27H,13-14H2,1-4H3/t15-,16+. The number of rotatable bonds is 6. The number of thiophene rings is 1. The summed E-state index contributed by atoms with van der Waals surface area (Å²) in [6.07, 6.45) is 0. The lowest BCUT2D eigenvalue weighted by Crippen LogP contribution is -2.54. The molecule has 1 aliphatic heterocycles. The van der Waals surface area contributed by atoms with Crippen LogP contribution < -0.4 is 19.7 Å². The Labute approximate surface area is 204 Å². The van der Waals surface area contributed by atoms with Gasteiger partial charge in [-0.05, 0) is 68.8 Å². The molecule has 0 bridgehead atoms. The van der Waals surface area contributed by atoms with E-state index in [0.717, 1.165) is 29.2 Å². The number of methoxy groups -OCH3 is 1. The second-order valence-electron chi connectivity index (χ2n) is 8.42. The van der Waals surface area contributed by atoms with Crippen LogP contribution in [0.25, 0.3) is 10.4 Å². The summed E-state index contributed by atoms with van der Waals surface area (Å²) in [5.41, 5.74) is 2.20. The number of hydrogen-bond acceptors (Lipinski definition) is 6. The largest absolute Gasteiger partial charge is 0.495 e. The first-order chi connectivity index (χ1) is 15.7. The Bertz CT molecular complexity index is 1250. The second-order valence-corrected chi connectivity index (χ2v) is 11.8. The van der Waals surface area contributed by atoms with Gasteiger partial charge in [-0.15, -0.1) is 11.3 Å². The molecule has 3 aromatic rings. The summed E-state index contributed by atoms with van der Waals surface area (Å²) in [6, 6.07) is 15.3. The third kappa shape index (κ3) is 5.30. The Morgan fingerprint density at radius 3 is 2.42 bits per heavy atom. The fraction of sp³-hybridized carbons (Fsp3) is 0.333. The van der Waals surface area contributed by atoms with E-state index in [4.69, 9.17) is 16.3 Å². The average Bonchev–Trinajstić information content (AvgIpc) is 3.19. The number of benzene rings is 2. The molecule has 6 nitrogen and oxygen atoms in total. The van der Waals surface area contributed by atoms with Crippen LogP contribution in [0, 0.1) is 6.92 Å². The van der Waals surface area contributed by atoms with E-state index in [-0.39, 0.29) is 9.92 Å². The predicted molar refractivity (Wildman–Crippen MR) is 138 cm³/mol. The van der Waals surface area contributed by atoms with Gasteiger partial charge in [0.25, 0.3) is 10.0 Å². The van der Waals surface area contributed by atoms with E-state index in [1.807, 2.05) is 31.2 Å². The summed E-state index contributed by atoms with van der Waals surface area (Å²) in [5.74, 6) is 0.445. The molecule has 0 spiro atoms. The zero-order valence-electron chi connectivity index (χ0n) is 19.1. The smallest absolute Gasteiger partial charge is 0.263 e. The van der Waals surface area contributed by atoms with Crippen LogP contribution in [0.3, 0.4) is 0 Å². The summed E-state index contributed by atoms with van der Waals surface area (Å²) < 4.78 is 34.6. The number of nitrogens with zero attached hydrogens (tertiary/aromatic N) is 1. The molecule has 176 valence electrons. The van der Waals surface area contributed by atoms with Gasteiger partial charge in [0, 0.05) is 40.6 Å². The lowest BCUT2D eigenvalue weighted by atomic mass is 10.1. The SMILES string of the molecule is COc1ccc(N2C[C@@H](C)N[C@@H](C)C2)cc1NS(=O)(=O)c1ccc(-c2ccc(C)s2)cc1Cl. The number of nitrogens with one attached hydrogen (secondary N) is 2. The summed E-state index contributed by atoms with van der Waals surface area (Å²) in [4.78, 5) is 4.49. The molecule has 2 aromatic carbocycles. The number of halogens is 1. The van der Waals surface area contributed by atoms with E-state index in [0.29, 0.717) is 23.5 Å². The highest BCUT2D eigenvalue weighted by Gasteiger charge is 2.24. The van der Waals surface area contributed by atoms with Crippen molar-refractivity contribution in [2.75, 3.05) is 29.8 Å².